The Morgan fingerprint density at radius 2 is 1.72 bits per heavy atom. The summed E-state index contributed by atoms with van der Waals surface area (Å²) in [6.45, 7) is 2.28. The number of rotatable bonds is 6. The van der Waals surface area contributed by atoms with Crippen molar-refractivity contribution in [2.45, 2.75) is 25.2 Å². The molecule has 25 heavy (non-hydrogen) atoms. The molecule has 3 rings (SSSR count). The van der Waals surface area contributed by atoms with E-state index < -0.39 is 11.2 Å². The molecule has 130 valence electrons. The molecular weight excluding hydrogens is 319 g/mol. The molecule has 0 saturated heterocycles. The van der Waals surface area contributed by atoms with Crippen LogP contribution < -0.4 is 10.6 Å². The quantitative estimate of drug-likeness (QED) is 0.795. The number of carbonyl (C=O) groups is 2. The molecule has 0 atom stereocenters. The Kier molecular flexibility index (Phi) is 4.83. The first-order chi connectivity index (χ1) is 12.0. The van der Waals surface area contributed by atoms with Crippen LogP contribution in [0.1, 0.15) is 34.3 Å². The van der Waals surface area contributed by atoms with E-state index in [0.29, 0.717) is 18.7 Å². The van der Waals surface area contributed by atoms with Gasteiger partial charge in [-0.2, -0.15) is 0 Å². The second-order valence-corrected chi connectivity index (χ2v) is 6.42. The van der Waals surface area contributed by atoms with E-state index in [0.717, 1.165) is 18.4 Å². The molecule has 2 N–H and O–H groups in total. The molecule has 2 aromatic rings. The first-order valence-corrected chi connectivity index (χ1v) is 8.41. The van der Waals surface area contributed by atoms with Gasteiger partial charge >= 0.3 is 0 Å². The van der Waals surface area contributed by atoms with Crippen LogP contribution in [0, 0.1) is 12.7 Å². The van der Waals surface area contributed by atoms with Crippen LogP contribution in [-0.2, 0) is 10.2 Å². The topological polar surface area (TPSA) is 58.2 Å². The van der Waals surface area contributed by atoms with Gasteiger partial charge in [-0.1, -0.05) is 36.4 Å². The summed E-state index contributed by atoms with van der Waals surface area (Å²) >= 11 is 0. The normalized spacial score (nSPS) is 14.6. The molecule has 1 aliphatic carbocycles. The summed E-state index contributed by atoms with van der Waals surface area (Å²) in [6.07, 6.45) is 1.69. The Morgan fingerprint density at radius 1 is 1.04 bits per heavy atom. The van der Waals surface area contributed by atoms with Crippen molar-refractivity contribution in [3.63, 3.8) is 0 Å². The number of benzene rings is 2. The van der Waals surface area contributed by atoms with E-state index in [4.69, 9.17) is 0 Å². The summed E-state index contributed by atoms with van der Waals surface area (Å²) in [7, 11) is 0. The zero-order valence-electron chi connectivity index (χ0n) is 14.1. The lowest BCUT2D eigenvalue weighted by atomic mass is 9.95. The second kappa shape index (κ2) is 7.05. The monoisotopic (exact) mass is 340 g/mol. The first kappa shape index (κ1) is 17.1. The van der Waals surface area contributed by atoms with Gasteiger partial charge in [0.1, 0.15) is 5.82 Å². The van der Waals surface area contributed by atoms with Gasteiger partial charge in [-0.15, -0.1) is 0 Å². The lowest BCUT2D eigenvalue weighted by Crippen LogP contribution is -2.39. The molecule has 2 aromatic carbocycles. The minimum atomic E-state index is -0.411. The molecule has 4 nitrogen and oxygen atoms in total. The van der Waals surface area contributed by atoms with E-state index in [2.05, 4.69) is 10.6 Å². The molecule has 1 aliphatic rings. The summed E-state index contributed by atoms with van der Waals surface area (Å²) < 4.78 is 13.5. The maximum atomic E-state index is 13.5. The van der Waals surface area contributed by atoms with Crippen molar-refractivity contribution in [2.75, 3.05) is 13.1 Å². The van der Waals surface area contributed by atoms with Crippen LogP contribution in [0.4, 0.5) is 4.39 Å². The number of nitrogens with one attached hydrogen (secondary N) is 2. The molecule has 5 heteroatoms. The molecule has 0 heterocycles. The summed E-state index contributed by atoms with van der Waals surface area (Å²) in [5.41, 5.74) is 1.40. The Balaban J connectivity index is 1.48. The van der Waals surface area contributed by atoms with E-state index in [1.54, 1.807) is 19.1 Å². The zero-order valence-corrected chi connectivity index (χ0v) is 14.1. The number of hydrogen-bond donors (Lipinski definition) is 2. The SMILES string of the molecule is Cc1ccc(C(=O)NCCNC(=O)C2(c3ccccc3)CC2)cc1F. The molecule has 0 spiro atoms. The fraction of sp³-hybridized carbons (Fsp3) is 0.300. The highest BCUT2D eigenvalue weighted by molar-refractivity contribution is 5.94. The molecule has 0 unspecified atom stereocenters. The molecule has 0 aliphatic heterocycles. The average molecular weight is 340 g/mol. The van der Waals surface area contributed by atoms with Crippen molar-refractivity contribution in [1.82, 2.24) is 10.6 Å². The standard InChI is InChI=1S/C20H21FN2O2/c1-14-7-8-15(13-17(14)21)18(24)22-11-12-23-19(25)20(9-10-20)16-5-3-2-4-6-16/h2-8,13H,9-12H2,1H3,(H,22,24)(H,23,25). The molecule has 2 amide bonds. The van der Waals surface area contributed by atoms with Gasteiger partial charge in [-0.25, -0.2) is 4.39 Å². The Hall–Kier alpha value is -2.69. The highest BCUT2D eigenvalue weighted by Gasteiger charge is 2.50. The smallest absolute Gasteiger partial charge is 0.251 e. The van der Waals surface area contributed by atoms with E-state index in [-0.39, 0.29) is 17.4 Å². The highest BCUT2D eigenvalue weighted by Crippen LogP contribution is 2.48. The second-order valence-electron chi connectivity index (χ2n) is 6.42. The number of aryl methyl sites for hydroxylation is 1. The van der Waals surface area contributed by atoms with Gasteiger partial charge in [-0.05, 0) is 43.0 Å². The summed E-state index contributed by atoms with van der Waals surface area (Å²) in [5.74, 6) is -0.758. The number of carbonyl (C=O) groups excluding carboxylic acids is 2. The number of hydrogen-bond acceptors (Lipinski definition) is 2. The maximum Gasteiger partial charge on any atom is 0.251 e. The van der Waals surface area contributed by atoms with Crippen LogP contribution in [0.3, 0.4) is 0 Å². The third-order valence-electron chi connectivity index (χ3n) is 4.64. The Morgan fingerprint density at radius 3 is 2.36 bits per heavy atom. The summed E-state index contributed by atoms with van der Waals surface area (Å²) in [6, 6.07) is 14.1. The van der Waals surface area contributed by atoms with Crippen LogP contribution in [0.5, 0.6) is 0 Å². The third-order valence-corrected chi connectivity index (χ3v) is 4.64. The maximum absolute atomic E-state index is 13.5. The Bertz CT molecular complexity index is 786. The van der Waals surface area contributed by atoms with E-state index in [1.807, 2.05) is 30.3 Å². The van der Waals surface area contributed by atoms with Crippen molar-refractivity contribution in [1.29, 1.82) is 0 Å². The van der Waals surface area contributed by atoms with Crippen molar-refractivity contribution in [2.24, 2.45) is 0 Å². The lowest BCUT2D eigenvalue weighted by Gasteiger charge is -2.16. The van der Waals surface area contributed by atoms with Gasteiger partial charge in [0.15, 0.2) is 0 Å². The number of amides is 2. The van der Waals surface area contributed by atoms with Gasteiger partial charge in [0, 0.05) is 18.7 Å². The zero-order chi connectivity index (χ0) is 17.9. The third kappa shape index (κ3) is 3.71. The van der Waals surface area contributed by atoms with Crippen LogP contribution in [0.25, 0.3) is 0 Å². The molecule has 0 radical (unpaired) electrons. The van der Waals surface area contributed by atoms with Crippen LogP contribution in [0.15, 0.2) is 48.5 Å². The minimum Gasteiger partial charge on any atom is -0.354 e. The van der Waals surface area contributed by atoms with Crippen molar-refractivity contribution in [3.05, 3.63) is 71.0 Å². The predicted molar refractivity (Wildman–Crippen MR) is 93.8 cm³/mol. The van der Waals surface area contributed by atoms with Crippen LogP contribution in [0.2, 0.25) is 0 Å². The minimum absolute atomic E-state index is 0.00525. The van der Waals surface area contributed by atoms with Gasteiger partial charge in [0.05, 0.1) is 5.41 Å². The molecule has 1 saturated carbocycles. The first-order valence-electron chi connectivity index (χ1n) is 8.41. The van der Waals surface area contributed by atoms with Gasteiger partial charge in [0.25, 0.3) is 5.91 Å². The largest absolute Gasteiger partial charge is 0.354 e. The lowest BCUT2D eigenvalue weighted by molar-refractivity contribution is -0.123. The van der Waals surface area contributed by atoms with E-state index in [9.17, 15) is 14.0 Å². The van der Waals surface area contributed by atoms with Gasteiger partial charge in [0.2, 0.25) is 5.91 Å². The van der Waals surface area contributed by atoms with Gasteiger partial charge < -0.3 is 10.6 Å². The fourth-order valence-corrected chi connectivity index (χ4v) is 2.89. The van der Waals surface area contributed by atoms with Gasteiger partial charge in [-0.3, -0.25) is 9.59 Å². The molecule has 0 bridgehead atoms. The average Bonchev–Trinajstić information content (AvgIpc) is 3.43. The van der Waals surface area contributed by atoms with E-state index in [1.165, 1.54) is 6.07 Å². The summed E-state index contributed by atoms with van der Waals surface area (Å²) in [5, 5.41) is 5.58. The molecular formula is C20H21FN2O2. The fourth-order valence-electron chi connectivity index (χ4n) is 2.89. The van der Waals surface area contributed by atoms with Crippen molar-refractivity contribution >= 4 is 11.8 Å². The Labute approximate surface area is 146 Å². The van der Waals surface area contributed by atoms with E-state index >= 15 is 0 Å². The molecule has 0 aromatic heterocycles. The summed E-state index contributed by atoms with van der Waals surface area (Å²) in [4.78, 5) is 24.4. The number of halogens is 1. The van der Waals surface area contributed by atoms with Crippen LogP contribution in [-0.4, -0.2) is 24.9 Å². The van der Waals surface area contributed by atoms with Crippen molar-refractivity contribution in [3.8, 4) is 0 Å². The highest BCUT2D eigenvalue weighted by atomic mass is 19.1. The predicted octanol–water partition coefficient (Wildman–Crippen LogP) is 2.71. The van der Waals surface area contributed by atoms with Crippen molar-refractivity contribution < 1.29 is 14.0 Å². The van der Waals surface area contributed by atoms with Crippen LogP contribution >= 0.6 is 0 Å². The molecule has 1 fully saturated rings.